The summed E-state index contributed by atoms with van der Waals surface area (Å²) >= 11 is 0. The van der Waals surface area contributed by atoms with E-state index in [0.29, 0.717) is 25.4 Å². The van der Waals surface area contributed by atoms with Crippen LogP contribution in [0.5, 0.6) is 5.75 Å². The van der Waals surface area contributed by atoms with Gasteiger partial charge < -0.3 is 10.1 Å². The van der Waals surface area contributed by atoms with Crippen LogP contribution in [-0.2, 0) is 11.3 Å². The summed E-state index contributed by atoms with van der Waals surface area (Å²) in [5, 5.41) is 2.88. The summed E-state index contributed by atoms with van der Waals surface area (Å²) < 4.78 is 6.92. The Morgan fingerprint density at radius 1 is 1.32 bits per heavy atom. The largest absolute Gasteiger partial charge is 0.494 e. The molecule has 0 bridgehead atoms. The van der Waals surface area contributed by atoms with Crippen LogP contribution >= 0.6 is 0 Å². The third kappa shape index (κ3) is 4.26. The molecule has 0 radical (unpaired) electrons. The molecule has 0 atom stereocenters. The number of aromatic nitrogens is 2. The van der Waals surface area contributed by atoms with E-state index < -0.39 is 0 Å². The molecule has 1 aromatic heterocycles. The fraction of sp³-hybridized carbons (Fsp3) is 0.421. The van der Waals surface area contributed by atoms with Gasteiger partial charge in [-0.25, -0.2) is 4.98 Å². The lowest BCUT2D eigenvalue weighted by Crippen LogP contribution is -2.37. The molecular weight excluding hydrogens is 318 g/mol. The van der Waals surface area contributed by atoms with Crippen LogP contribution in [-0.4, -0.2) is 28.6 Å². The zero-order valence-corrected chi connectivity index (χ0v) is 14.4. The molecule has 1 aliphatic carbocycles. The molecule has 1 fully saturated rings. The van der Waals surface area contributed by atoms with Crippen LogP contribution in [0.2, 0.25) is 0 Å². The van der Waals surface area contributed by atoms with Crippen molar-refractivity contribution in [1.29, 1.82) is 0 Å². The summed E-state index contributed by atoms with van der Waals surface area (Å²) in [6, 6.07) is 9.01. The number of nitrogens with one attached hydrogen (secondary N) is 1. The highest BCUT2D eigenvalue weighted by molar-refractivity contribution is 5.79. The topological polar surface area (TPSA) is 73.2 Å². The molecule has 1 amide bonds. The molecule has 0 aliphatic heterocycles. The molecule has 6 nitrogen and oxygen atoms in total. The number of hydrogen-bond donors (Lipinski definition) is 1. The van der Waals surface area contributed by atoms with Crippen molar-refractivity contribution in [2.45, 2.75) is 32.7 Å². The lowest BCUT2D eigenvalue weighted by Gasteiger charge is -2.24. The van der Waals surface area contributed by atoms with Crippen LogP contribution in [0.4, 0.5) is 0 Å². The molecule has 1 saturated carbocycles. The second kappa shape index (κ2) is 7.96. The first-order chi connectivity index (χ1) is 12.2. The zero-order chi connectivity index (χ0) is 17.6. The van der Waals surface area contributed by atoms with Crippen molar-refractivity contribution in [3.63, 3.8) is 0 Å². The van der Waals surface area contributed by atoms with Gasteiger partial charge in [0.15, 0.2) is 0 Å². The maximum atomic E-state index is 12.2. The van der Waals surface area contributed by atoms with Gasteiger partial charge in [0.1, 0.15) is 5.75 Å². The first-order valence-corrected chi connectivity index (χ1v) is 8.75. The van der Waals surface area contributed by atoms with Crippen LogP contribution < -0.4 is 15.6 Å². The molecule has 6 heteroatoms. The molecule has 0 spiro atoms. The van der Waals surface area contributed by atoms with Gasteiger partial charge in [-0.05, 0) is 44.0 Å². The predicted molar refractivity (Wildman–Crippen MR) is 95.5 cm³/mol. The second-order valence-electron chi connectivity index (χ2n) is 6.18. The highest BCUT2D eigenvalue weighted by Gasteiger charge is 2.24. The van der Waals surface area contributed by atoms with Crippen molar-refractivity contribution in [3.05, 3.63) is 47.0 Å². The van der Waals surface area contributed by atoms with E-state index in [4.69, 9.17) is 4.74 Å². The third-order valence-corrected chi connectivity index (χ3v) is 4.47. The monoisotopic (exact) mass is 341 g/mol. The van der Waals surface area contributed by atoms with Crippen LogP contribution in [0.25, 0.3) is 11.3 Å². The Balaban J connectivity index is 1.60. The fourth-order valence-corrected chi connectivity index (χ4v) is 2.75. The van der Waals surface area contributed by atoms with E-state index in [9.17, 15) is 9.59 Å². The lowest BCUT2D eigenvalue weighted by atomic mass is 9.85. The van der Waals surface area contributed by atoms with E-state index in [1.165, 1.54) is 17.0 Å². The highest BCUT2D eigenvalue weighted by Crippen LogP contribution is 2.26. The van der Waals surface area contributed by atoms with E-state index in [1.54, 1.807) is 0 Å². The summed E-state index contributed by atoms with van der Waals surface area (Å²) in [7, 11) is 0. The average Bonchev–Trinajstić information content (AvgIpc) is 2.56. The summed E-state index contributed by atoms with van der Waals surface area (Å²) in [5.74, 6) is 1.05. The highest BCUT2D eigenvalue weighted by atomic mass is 16.5. The number of hydrogen-bond acceptors (Lipinski definition) is 4. The Kier molecular flexibility index (Phi) is 5.48. The molecule has 0 unspecified atom stereocenters. The maximum Gasteiger partial charge on any atom is 0.253 e. The van der Waals surface area contributed by atoms with Gasteiger partial charge in [0.2, 0.25) is 5.91 Å². The van der Waals surface area contributed by atoms with Gasteiger partial charge in [-0.1, -0.05) is 6.42 Å². The molecule has 25 heavy (non-hydrogen) atoms. The summed E-state index contributed by atoms with van der Waals surface area (Å²) in [6.45, 7) is 3.42. The summed E-state index contributed by atoms with van der Waals surface area (Å²) in [4.78, 5) is 28.4. The van der Waals surface area contributed by atoms with Crippen LogP contribution in [0.3, 0.4) is 0 Å². The standard InChI is InChI=1S/C19H23N3O3/c1-2-25-16-8-6-14(7-9-16)17-12-18(23)22(13-21-17)11-10-20-19(24)15-4-3-5-15/h6-9,12-13,15H,2-5,10-11H2,1H3,(H,20,24). The van der Waals surface area contributed by atoms with Gasteiger partial charge in [0.25, 0.3) is 5.56 Å². The van der Waals surface area contributed by atoms with Gasteiger partial charge in [-0.15, -0.1) is 0 Å². The number of benzene rings is 1. The number of carbonyl (C=O) groups excluding carboxylic acids is 1. The summed E-state index contributed by atoms with van der Waals surface area (Å²) in [5.41, 5.74) is 1.37. The van der Waals surface area contributed by atoms with Crippen molar-refractivity contribution >= 4 is 5.91 Å². The smallest absolute Gasteiger partial charge is 0.253 e. The Morgan fingerprint density at radius 3 is 2.68 bits per heavy atom. The Bertz CT molecular complexity index is 779. The van der Waals surface area contributed by atoms with Crippen molar-refractivity contribution in [1.82, 2.24) is 14.9 Å². The number of ether oxygens (including phenoxy) is 1. The molecular formula is C19H23N3O3. The van der Waals surface area contributed by atoms with Gasteiger partial charge in [-0.3, -0.25) is 14.2 Å². The molecule has 0 saturated heterocycles. The second-order valence-corrected chi connectivity index (χ2v) is 6.18. The molecule has 2 aromatic rings. The maximum absolute atomic E-state index is 12.2. The number of amides is 1. The molecule has 1 aromatic carbocycles. The Hall–Kier alpha value is -2.63. The van der Waals surface area contributed by atoms with Crippen molar-refractivity contribution in [2.75, 3.05) is 13.2 Å². The minimum atomic E-state index is -0.128. The Morgan fingerprint density at radius 2 is 2.08 bits per heavy atom. The quantitative estimate of drug-likeness (QED) is 0.838. The molecule has 1 N–H and O–H groups in total. The number of nitrogens with zero attached hydrogens (tertiary/aromatic N) is 2. The van der Waals surface area contributed by atoms with E-state index in [1.807, 2.05) is 31.2 Å². The Labute approximate surface area is 146 Å². The van der Waals surface area contributed by atoms with Gasteiger partial charge >= 0.3 is 0 Å². The first kappa shape index (κ1) is 17.2. The van der Waals surface area contributed by atoms with E-state index in [-0.39, 0.29) is 17.4 Å². The van der Waals surface area contributed by atoms with Crippen LogP contribution in [0.15, 0.2) is 41.5 Å². The van der Waals surface area contributed by atoms with Crippen molar-refractivity contribution in [2.24, 2.45) is 5.92 Å². The van der Waals surface area contributed by atoms with Gasteiger partial charge in [-0.2, -0.15) is 0 Å². The first-order valence-electron chi connectivity index (χ1n) is 8.75. The van der Waals surface area contributed by atoms with Crippen LogP contribution in [0, 0.1) is 5.92 Å². The van der Waals surface area contributed by atoms with E-state index in [2.05, 4.69) is 10.3 Å². The van der Waals surface area contributed by atoms with E-state index >= 15 is 0 Å². The molecule has 132 valence electrons. The minimum absolute atomic E-state index is 0.0956. The zero-order valence-electron chi connectivity index (χ0n) is 14.4. The van der Waals surface area contributed by atoms with Gasteiger partial charge in [0.05, 0.1) is 18.6 Å². The predicted octanol–water partition coefficient (Wildman–Crippen LogP) is 2.23. The summed E-state index contributed by atoms with van der Waals surface area (Å²) in [6.07, 6.45) is 4.62. The normalized spacial score (nSPS) is 14.0. The number of carbonyl (C=O) groups is 1. The third-order valence-electron chi connectivity index (χ3n) is 4.47. The molecule has 3 rings (SSSR count). The van der Waals surface area contributed by atoms with Crippen molar-refractivity contribution in [3.8, 4) is 17.0 Å². The molecule has 1 aliphatic rings. The van der Waals surface area contributed by atoms with Crippen LogP contribution in [0.1, 0.15) is 26.2 Å². The number of rotatable bonds is 7. The minimum Gasteiger partial charge on any atom is -0.494 e. The average molecular weight is 341 g/mol. The molecule has 1 heterocycles. The fourth-order valence-electron chi connectivity index (χ4n) is 2.75. The van der Waals surface area contributed by atoms with Crippen molar-refractivity contribution < 1.29 is 9.53 Å². The lowest BCUT2D eigenvalue weighted by molar-refractivity contribution is -0.127. The van der Waals surface area contributed by atoms with Gasteiger partial charge in [0, 0.05) is 30.6 Å². The van der Waals surface area contributed by atoms with E-state index in [0.717, 1.165) is 30.6 Å². The SMILES string of the molecule is CCOc1ccc(-c2cc(=O)n(CCNC(=O)C3CCC3)cn2)cc1.